The second kappa shape index (κ2) is 17.5. The maximum Gasteiger partial charge on any atom is 0.341 e. The fourth-order valence-electron chi connectivity index (χ4n) is 8.24. The van der Waals surface area contributed by atoms with Gasteiger partial charge in [0.25, 0.3) is 0 Å². The van der Waals surface area contributed by atoms with Gasteiger partial charge in [0.05, 0.1) is 47.4 Å². The standard InChI is InChI=1S/2C20H25N3O4.3H2O/c2*1-11-8-14-17(19(27-3)16(11)22-7-6-21-12(2)9-22)23(13-4-5-13)10-15(18(14)24)20(25)26;;;/h2*8,10,12-13,21H,4-7,9H2,1-3H3,(H,25,26);3*1H2. The van der Waals surface area contributed by atoms with Crippen molar-refractivity contribution in [2.24, 2.45) is 0 Å². The lowest BCUT2D eigenvalue weighted by atomic mass is 10.0. The third-order valence-corrected chi connectivity index (χ3v) is 11.0. The molecule has 0 amide bonds. The van der Waals surface area contributed by atoms with Gasteiger partial charge in [-0.25, -0.2) is 9.59 Å². The Morgan fingerprint density at radius 2 is 1.02 bits per heavy atom. The first-order valence-electron chi connectivity index (χ1n) is 18.8. The highest BCUT2D eigenvalue weighted by atomic mass is 16.5. The summed E-state index contributed by atoms with van der Waals surface area (Å²) in [6.07, 6.45) is 6.91. The van der Waals surface area contributed by atoms with Gasteiger partial charge in [0.2, 0.25) is 10.9 Å². The van der Waals surface area contributed by atoms with E-state index in [-0.39, 0.29) is 39.6 Å². The van der Waals surface area contributed by atoms with Crippen molar-refractivity contribution in [2.45, 2.75) is 77.5 Å². The Balaban J connectivity index is 0.000000240. The summed E-state index contributed by atoms with van der Waals surface area (Å²) < 4.78 is 15.5. The monoisotopic (exact) mass is 796 g/mol. The average Bonchev–Trinajstić information content (AvgIpc) is 4.06. The molecular formula is C40H56N6O11. The number of ether oxygens (including phenoxy) is 2. The minimum Gasteiger partial charge on any atom is -0.492 e. The van der Waals surface area contributed by atoms with Gasteiger partial charge >= 0.3 is 11.9 Å². The van der Waals surface area contributed by atoms with Crippen LogP contribution >= 0.6 is 0 Å². The SMILES string of the molecule is COc1c(N2CCNC(C)C2)c(C)cc2c(=O)c(C(=O)O)cn(C3CC3)c12.COc1c(N2CCNC(C)C2)c(C)cc2c(=O)c(C(=O)O)cn(C3CC3)c12.O.O.O. The van der Waals surface area contributed by atoms with Crippen molar-refractivity contribution in [3.05, 3.63) is 67.2 Å². The third-order valence-electron chi connectivity index (χ3n) is 11.0. The van der Waals surface area contributed by atoms with Crippen LogP contribution in [-0.4, -0.2) is 113 Å². The fraction of sp³-hybridized carbons (Fsp3) is 0.500. The van der Waals surface area contributed by atoms with Gasteiger partial charge in [0.15, 0.2) is 11.5 Å². The Morgan fingerprint density at radius 1 is 0.667 bits per heavy atom. The van der Waals surface area contributed by atoms with Gasteiger partial charge in [-0.1, -0.05) is 0 Å². The summed E-state index contributed by atoms with van der Waals surface area (Å²) >= 11 is 0. The quantitative estimate of drug-likeness (QED) is 0.199. The van der Waals surface area contributed by atoms with E-state index in [1.165, 1.54) is 12.4 Å². The summed E-state index contributed by atoms with van der Waals surface area (Å²) in [7, 11) is 3.24. The smallest absolute Gasteiger partial charge is 0.341 e. The van der Waals surface area contributed by atoms with Crippen molar-refractivity contribution < 1.29 is 45.7 Å². The van der Waals surface area contributed by atoms with Gasteiger partial charge in [0, 0.05) is 75.8 Å². The number of nitrogens with one attached hydrogen (secondary N) is 2. The number of aromatic nitrogens is 2. The zero-order chi connectivity index (χ0) is 38.6. The Morgan fingerprint density at radius 3 is 1.30 bits per heavy atom. The largest absolute Gasteiger partial charge is 0.492 e. The van der Waals surface area contributed by atoms with E-state index in [9.17, 15) is 29.4 Å². The van der Waals surface area contributed by atoms with E-state index in [1.807, 2.05) is 35.1 Å². The van der Waals surface area contributed by atoms with Gasteiger partial charge in [-0.15, -0.1) is 0 Å². The van der Waals surface area contributed by atoms with Crippen LogP contribution in [0.5, 0.6) is 11.5 Å². The van der Waals surface area contributed by atoms with Crippen molar-refractivity contribution in [3.63, 3.8) is 0 Å². The number of benzene rings is 2. The van der Waals surface area contributed by atoms with Crippen molar-refractivity contribution in [1.82, 2.24) is 19.8 Å². The first-order chi connectivity index (χ1) is 25.8. The van der Waals surface area contributed by atoms with E-state index < -0.39 is 22.8 Å². The Labute approximate surface area is 329 Å². The molecule has 0 radical (unpaired) electrons. The summed E-state index contributed by atoms with van der Waals surface area (Å²) in [5.41, 5.74) is 4.01. The molecule has 8 rings (SSSR count). The molecule has 2 unspecified atom stereocenters. The zero-order valence-electron chi connectivity index (χ0n) is 33.3. The predicted molar refractivity (Wildman–Crippen MR) is 220 cm³/mol. The zero-order valence-corrected chi connectivity index (χ0v) is 33.3. The van der Waals surface area contributed by atoms with E-state index in [0.29, 0.717) is 45.4 Å². The minimum atomic E-state index is -1.19. The molecule has 2 saturated heterocycles. The molecule has 4 aromatic rings. The molecule has 312 valence electrons. The van der Waals surface area contributed by atoms with Crippen LogP contribution in [0.15, 0.2) is 34.1 Å². The lowest BCUT2D eigenvalue weighted by Crippen LogP contribution is -2.49. The summed E-state index contributed by atoms with van der Waals surface area (Å²) in [6, 6.07) is 4.81. The van der Waals surface area contributed by atoms with E-state index >= 15 is 0 Å². The summed E-state index contributed by atoms with van der Waals surface area (Å²) in [4.78, 5) is 53.5. The highest BCUT2D eigenvalue weighted by molar-refractivity contribution is 5.99. The van der Waals surface area contributed by atoms with Crippen LogP contribution in [0.3, 0.4) is 0 Å². The number of aryl methyl sites for hydroxylation is 2. The lowest BCUT2D eigenvalue weighted by molar-refractivity contribution is 0.0684. The lowest BCUT2D eigenvalue weighted by Gasteiger charge is -2.36. The molecule has 4 aliphatic rings. The van der Waals surface area contributed by atoms with Gasteiger partial charge in [-0.3, -0.25) is 9.59 Å². The van der Waals surface area contributed by atoms with Crippen LogP contribution in [0.1, 0.15) is 83.5 Å². The van der Waals surface area contributed by atoms with Crippen LogP contribution < -0.4 is 40.8 Å². The van der Waals surface area contributed by atoms with Crippen LogP contribution in [0.4, 0.5) is 11.4 Å². The van der Waals surface area contributed by atoms with Crippen LogP contribution in [0.2, 0.25) is 0 Å². The maximum absolute atomic E-state index is 12.9. The van der Waals surface area contributed by atoms with Crippen LogP contribution in [-0.2, 0) is 0 Å². The number of carbonyl (C=O) groups is 2. The molecule has 2 aliphatic heterocycles. The van der Waals surface area contributed by atoms with Gasteiger partial charge in [-0.2, -0.15) is 0 Å². The van der Waals surface area contributed by atoms with Crippen LogP contribution in [0.25, 0.3) is 21.8 Å². The highest BCUT2D eigenvalue weighted by Crippen LogP contribution is 2.45. The van der Waals surface area contributed by atoms with Crippen LogP contribution in [0, 0.1) is 13.8 Å². The molecule has 2 atom stereocenters. The molecule has 2 saturated carbocycles. The molecule has 17 nitrogen and oxygen atoms in total. The Kier molecular flexibility index (Phi) is 13.7. The van der Waals surface area contributed by atoms with Crippen molar-refractivity contribution in [2.75, 3.05) is 63.3 Å². The molecule has 2 aromatic heterocycles. The molecule has 4 fully saturated rings. The van der Waals surface area contributed by atoms with E-state index in [0.717, 1.165) is 87.5 Å². The normalized spacial score (nSPS) is 19.1. The van der Waals surface area contributed by atoms with E-state index in [4.69, 9.17) is 9.47 Å². The number of carboxylic acids is 2. The first-order valence-corrected chi connectivity index (χ1v) is 18.8. The number of nitrogens with zero attached hydrogens (tertiary/aromatic N) is 4. The molecule has 57 heavy (non-hydrogen) atoms. The summed E-state index contributed by atoms with van der Waals surface area (Å²) in [6.45, 7) is 13.4. The van der Waals surface area contributed by atoms with Crippen molar-refractivity contribution in [3.8, 4) is 11.5 Å². The van der Waals surface area contributed by atoms with Gasteiger partial charge in [-0.05, 0) is 76.6 Å². The summed E-state index contributed by atoms with van der Waals surface area (Å²) in [5, 5.41) is 26.7. The molecule has 17 heteroatoms. The number of piperazine rings is 2. The van der Waals surface area contributed by atoms with Gasteiger partial charge in [0.1, 0.15) is 11.1 Å². The number of hydrogen-bond acceptors (Lipinski definition) is 10. The molecule has 0 spiro atoms. The number of rotatable bonds is 8. The maximum atomic E-state index is 12.9. The number of methoxy groups -OCH3 is 2. The third kappa shape index (κ3) is 8.29. The topological polar surface area (TPSA) is 262 Å². The first kappa shape index (κ1) is 44.5. The second-order valence-corrected chi connectivity index (χ2v) is 15.2. The number of carboxylic acid groups (broad SMARTS) is 2. The molecular weight excluding hydrogens is 740 g/mol. The molecule has 0 bridgehead atoms. The number of hydrogen-bond donors (Lipinski definition) is 4. The summed E-state index contributed by atoms with van der Waals surface area (Å²) in [5.74, 6) is -1.04. The molecule has 2 aliphatic carbocycles. The van der Waals surface area contributed by atoms with Gasteiger partial charge < -0.3 is 65.7 Å². The Hall–Kier alpha value is -5.20. The number of pyridine rings is 2. The average molecular weight is 797 g/mol. The fourth-order valence-corrected chi connectivity index (χ4v) is 8.24. The predicted octanol–water partition coefficient (Wildman–Crippen LogP) is 1.83. The molecule has 10 N–H and O–H groups in total. The van der Waals surface area contributed by atoms with Crippen molar-refractivity contribution in [1.29, 1.82) is 0 Å². The molecule has 4 heterocycles. The van der Waals surface area contributed by atoms with E-state index in [2.05, 4.69) is 34.3 Å². The second-order valence-electron chi connectivity index (χ2n) is 15.2. The number of fused-ring (bicyclic) bond motifs is 2. The Bertz CT molecular complexity index is 2120. The number of anilines is 2. The molecule has 2 aromatic carbocycles. The minimum absolute atomic E-state index is 0. The highest BCUT2D eigenvalue weighted by Gasteiger charge is 2.33. The van der Waals surface area contributed by atoms with E-state index in [1.54, 1.807) is 14.2 Å². The van der Waals surface area contributed by atoms with Crippen molar-refractivity contribution >= 4 is 45.1 Å². The number of aromatic carboxylic acids is 2.